The number of hydrogen-bond donors (Lipinski definition) is 2. The SMILES string of the molecule is CCN1CCOC(CNc2nc(NC)ncc2F)C1. The van der Waals surface area contributed by atoms with E-state index in [1.165, 1.54) is 0 Å². The Kier molecular flexibility index (Phi) is 4.86. The molecule has 0 aliphatic carbocycles. The smallest absolute Gasteiger partial charge is 0.224 e. The van der Waals surface area contributed by atoms with Gasteiger partial charge in [-0.05, 0) is 6.54 Å². The first-order valence-electron chi connectivity index (χ1n) is 6.51. The van der Waals surface area contributed by atoms with Crippen molar-refractivity contribution in [2.24, 2.45) is 0 Å². The van der Waals surface area contributed by atoms with Gasteiger partial charge in [0.25, 0.3) is 0 Å². The third-order valence-electron chi connectivity index (χ3n) is 3.14. The number of nitrogens with zero attached hydrogens (tertiary/aromatic N) is 3. The summed E-state index contributed by atoms with van der Waals surface area (Å²) in [7, 11) is 1.69. The number of rotatable bonds is 5. The van der Waals surface area contributed by atoms with Crippen LogP contribution in [0.25, 0.3) is 0 Å². The normalized spacial score (nSPS) is 20.3. The predicted octanol–water partition coefficient (Wildman–Crippen LogP) is 0.790. The number of ether oxygens (including phenoxy) is 1. The monoisotopic (exact) mass is 269 g/mol. The molecule has 0 aromatic carbocycles. The van der Waals surface area contributed by atoms with Crippen molar-refractivity contribution in [3.05, 3.63) is 12.0 Å². The zero-order valence-corrected chi connectivity index (χ0v) is 11.3. The van der Waals surface area contributed by atoms with Gasteiger partial charge in [-0.3, -0.25) is 4.90 Å². The standard InChI is InChI=1S/C12H20FN5O/c1-3-18-4-5-19-9(8-18)6-15-11-10(13)7-16-12(14-2)17-11/h7,9H,3-6,8H2,1-2H3,(H2,14,15,16,17). The Labute approximate surface area is 112 Å². The highest BCUT2D eigenvalue weighted by atomic mass is 19.1. The Morgan fingerprint density at radius 1 is 1.58 bits per heavy atom. The molecule has 1 atom stereocenters. The van der Waals surface area contributed by atoms with Gasteiger partial charge in [-0.15, -0.1) is 0 Å². The number of anilines is 2. The molecule has 0 spiro atoms. The molecule has 1 aliphatic heterocycles. The second kappa shape index (κ2) is 6.63. The van der Waals surface area contributed by atoms with Crippen LogP contribution < -0.4 is 10.6 Å². The number of nitrogens with one attached hydrogen (secondary N) is 2. The Balaban J connectivity index is 1.91. The highest BCUT2D eigenvalue weighted by molar-refractivity contribution is 5.40. The molecule has 2 heterocycles. The molecular formula is C12H20FN5O. The number of likely N-dealkylation sites (N-methyl/N-ethyl adjacent to an activating group) is 1. The van der Waals surface area contributed by atoms with Gasteiger partial charge in [0.05, 0.1) is 18.9 Å². The van der Waals surface area contributed by atoms with E-state index in [0.717, 1.165) is 25.8 Å². The Morgan fingerprint density at radius 2 is 2.42 bits per heavy atom. The summed E-state index contributed by atoms with van der Waals surface area (Å²) in [6.45, 7) is 6.19. The van der Waals surface area contributed by atoms with E-state index in [1.54, 1.807) is 7.05 Å². The van der Waals surface area contributed by atoms with Crippen LogP contribution in [-0.2, 0) is 4.74 Å². The molecule has 6 nitrogen and oxygen atoms in total. The van der Waals surface area contributed by atoms with Crippen LogP contribution in [0.3, 0.4) is 0 Å². The zero-order chi connectivity index (χ0) is 13.7. The first kappa shape index (κ1) is 14.0. The molecule has 0 bridgehead atoms. The van der Waals surface area contributed by atoms with Gasteiger partial charge >= 0.3 is 0 Å². The fraction of sp³-hybridized carbons (Fsp3) is 0.667. The molecule has 2 N–H and O–H groups in total. The average Bonchev–Trinajstić information content (AvgIpc) is 2.46. The zero-order valence-electron chi connectivity index (χ0n) is 11.3. The lowest BCUT2D eigenvalue weighted by atomic mass is 10.2. The van der Waals surface area contributed by atoms with Crippen molar-refractivity contribution in [1.29, 1.82) is 0 Å². The van der Waals surface area contributed by atoms with Crippen molar-refractivity contribution in [2.45, 2.75) is 13.0 Å². The third-order valence-corrected chi connectivity index (χ3v) is 3.14. The molecular weight excluding hydrogens is 249 g/mol. The first-order valence-corrected chi connectivity index (χ1v) is 6.51. The molecule has 106 valence electrons. The highest BCUT2D eigenvalue weighted by Crippen LogP contribution is 2.12. The fourth-order valence-corrected chi connectivity index (χ4v) is 2.01. The summed E-state index contributed by atoms with van der Waals surface area (Å²) in [5.74, 6) is 0.141. The quantitative estimate of drug-likeness (QED) is 0.824. The molecule has 0 saturated carbocycles. The maximum absolute atomic E-state index is 13.5. The summed E-state index contributed by atoms with van der Waals surface area (Å²) in [4.78, 5) is 10.1. The minimum Gasteiger partial charge on any atom is -0.374 e. The summed E-state index contributed by atoms with van der Waals surface area (Å²) in [5, 5.41) is 5.76. The maximum atomic E-state index is 13.5. The van der Waals surface area contributed by atoms with E-state index in [-0.39, 0.29) is 11.9 Å². The van der Waals surface area contributed by atoms with Crippen molar-refractivity contribution in [3.63, 3.8) is 0 Å². The molecule has 1 unspecified atom stereocenters. The van der Waals surface area contributed by atoms with Gasteiger partial charge < -0.3 is 15.4 Å². The van der Waals surface area contributed by atoms with Crippen LogP contribution >= 0.6 is 0 Å². The topological polar surface area (TPSA) is 62.3 Å². The Morgan fingerprint density at radius 3 is 3.16 bits per heavy atom. The lowest BCUT2D eigenvalue weighted by Gasteiger charge is -2.32. The van der Waals surface area contributed by atoms with E-state index < -0.39 is 5.82 Å². The van der Waals surface area contributed by atoms with Crippen LogP contribution in [0.4, 0.5) is 16.2 Å². The second-order valence-electron chi connectivity index (χ2n) is 4.41. The van der Waals surface area contributed by atoms with E-state index in [0.29, 0.717) is 19.1 Å². The highest BCUT2D eigenvalue weighted by Gasteiger charge is 2.19. The molecule has 7 heteroatoms. The van der Waals surface area contributed by atoms with Crippen LogP contribution in [0.1, 0.15) is 6.92 Å². The molecule has 1 aromatic rings. The van der Waals surface area contributed by atoms with Crippen molar-refractivity contribution >= 4 is 11.8 Å². The molecule has 19 heavy (non-hydrogen) atoms. The van der Waals surface area contributed by atoms with Gasteiger partial charge in [0.1, 0.15) is 0 Å². The summed E-state index contributed by atoms with van der Waals surface area (Å²) < 4.78 is 19.2. The largest absolute Gasteiger partial charge is 0.374 e. The van der Waals surface area contributed by atoms with Gasteiger partial charge in [0, 0.05) is 26.7 Å². The van der Waals surface area contributed by atoms with E-state index in [9.17, 15) is 4.39 Å². The van der Waals surface area contributed by atoms with Gasteiger partial charge in [-0.2, -0.15) is 4.98 Å². The van der Waals surface area contributed by atoms with Crippen LogP contribution in [0.15, 0.2) is 6.20 Å². The fourth-order valence-electron chi connectivity index (χ4n) is 2.01. The van der Waals surface area contributed by atoms with Crippen LogP contribution in [0.2, 0.25) is 0 Å². The van der Waals surface area contributed by atoms with Gasteiger partial charge in [0.15, 0.2) is 11.6 Å². The lowest BCUT2D eigenvalue weighted by molar-refractivity contribution is -0.0192. The molecule has 1 saturated heterocycles. The minimum atomic E-state index is -0.456. The summed E-state index contributed by atoms with van der Waals surface area (Å²) >= 11 is 0. The number of morpholine rings is 1. The van der Waals surface area contributed by atoms with Crippen LogP contribution in [0, 0.1) is 5.82 Å². The van der Waals surface area contributed by atoms with E-state index >= 15 is 0 Å². The molecule has 2 rings (SSSR count). The van der Waals surface area contributed by atoms with Crippen LogP contribution in [-0.4, -0.2) is 60.8 Å². The van der Waals surface area contributed by atoms with Crippen molar-refractivity contribution in [1.82, 2.24) is 14.9 Å². The van der Waals surface area contributed by atoms with Gasteiger partial charge in [0.2, 0.25) is 5.95 Å². The number of hydrogen-bond acceptors (Lipinski definition) is 6. The third kappa shape index (κ3) is 3.74. The first-order chi connectivity index (χ1) is 9.22. The average molecular weight is 269 g/mol. The molecule has 1 aliphatic rings. The molecule has 1 aromatic heterocycles. The summed E-state index contributed by atoms with van der Waals surface area (Å²) in [6.07, 6.45) is 1.21. The van der Waals surface area contributed by atoms with E-state index in [4.69, 9.17) is 4.74 Å². The maximum Gasteiger partial charge on any atom is 0.224 e. The van der Waals surface area contributed by atoms with Crippen molar-refractivity contribution < 1.29 is 9.13 Å². The van der Waals surface area contributed by atoms with E-state index in [1.807, 2.05) is 0 Å². The summed E-state index contributed by atoms with van der Waals surface area (Å²) in [6, 6.07) is 0. The predicted molar refractivity (Wildman–Crippen MR) is 71.9 cm³/mol. The van der Waals surface area contributed by atoms with Gasteiger partial charge in [-0.25, -0.2) is 9.37 Å². The molecule has 0 radical (unpaired) electrons. The summed E-state index contributed by atoms with van der Waals surface area (Å²) in [5.41, 5.74) is 0. The second-order valence-corrected chi connectivity index (χ2v) is 4.41. The van der Waals surface area contributed by atoms with Gasteiger partial charge in [-0.1, -0.05) is 6.92 Å². The van der Waals surface area contributed by atoms with Crippen molar-refractivity contribution in [2.75, 3.05) is 50.5 Å². The number of aromatic nitrogens is 2. The number of halogens is 1. The Hall–Kier alpha value is -1.47. The Bertz CT molecular complexity index is 417. The molecule has 0 amide bonds. The van der Waals surface area contributed by atoms with E-state index in [2.05, 4.69) is 32.4 Å². The minimum absolute atomic E-state index is 0.0566. The molecule has 1 fully saturated rings. The van der Waals surface area contributed by atoms with Crippen molar-refractivity contribution in [3.8, 4) is 0 Å². The van der Waals surface area contributed by atoms with Crippen LogP contribution in [0.5, 0.6) is 0 Å². The lowest BCUT2D eigenvalue weighted by Crippen LogP contribution is -2.45.